The quantitative estimate of drug-likeness (QED) is 0.733. The molecule has 4 heteroatoms. The maximum atomic E-state index is 5.77. The van der Waals surface area contributed by atoms with E-state index in [0.717, 1.165) is 10.9 Å². The number of hydrogen-bond donors (Lipinski definition) is 0. The monoisotopic (exact) mass is 222 g/mol. The Morgan fingerprint density at radius 1 is 1.33 bits per heavy atom. The molecule has 0 spiro atoms. The highest BCUT2D eigenvalue weighted by Gasteiger charge is 2.02. The molecule has 0 unspecified atom stereocenters. The predicted molar refractivity (Wildman–Crippen MR) is 60.3 cm³/mol. The van der Waals surface area contributed by atoms with Gasteiger partial charge >= 0.3 is 0 Å². The van der Waals surface area contributed by atoms with Gasteiger partial charge in [-0.3, -0.25) is 0 Å². The highest BCUT2D eigenvalue weighted by Crippen LogP contribution is 2.19. The number of pyridine rings is 2. The van der Waals surface area contributed by atoms with Gasteiger partial charge in [-0.05, 0) is 26.0 Å². The maximum absolute atomic E-state index is 5.77. The summed E-state index contributed by atoms with van der Waals surface area (Å²) in [6.07, 6.45) is 1.76. The van der Waals surface area contributed by atoms with E-state index in [-0.39, 0.29) is 6.10 Å². The summed E-state index contributed by atoms with van der Waals surface area (Å²) in [5.74, 6) is 0.613. The molecule has 0 saturated heterocycles. The van der Waals surface area contributed by atoms with Gasteiger partial charge in [-0.25, -0.2) is 9.97 Å². The van der Waals surface area contributed by atoms with Gasteiger partial charge in [-0.2, -0.15) is 0 Å². The second-order valence-electron chi connectivity index (χ2n) is 3.52. The molecule has 15 heavy (non-hydrogen) atoms. The van der Waals surface area contributed by atoms with Gasteiger partial charge in [0.25, 0.3) is 0 Å². The van der Waals surface area contributed by atoms with Crippen LogP contribution in [0.2, 0.25) is 5.15 Å². The molecule has 2 heterocycles. The Bertz CT molecular complexity index is 485. The van der Waals surface area contributed by atoms with Crippen LogP contribution >= 0.6 is 11.6 Å². The molecule has 0 N–H and O–H groups in total. The fourth-order valence-corrected chi connectivity index (χ4v) is 1.45. The smallest absolute Gasteiger partial charge is 0.214 e. The summed E-state index contributed by atoms with van der Waals surface area (Å²) in [7, 11) is 0. The standard InChI is InChI=1S/C11H11ClN2O/c1-7(2)15-11-4-3-8-5-10(12)13-6-9(8)14-11/h3-7H,1-2H3. The van der Waals surface area contributed by atoms with E-state index in [1.54, 1.807) is 12.3 Å². The Morgan fingerprint density at radius 2 is 2.13 bits per heavy atom. The van der Waals surface area contributed by atoms with Crippen molar-refractivity contribution in [2.45, 2.75) is 20.0 Å². The van der Waals surface area contributed by atoms with Gasteiger partial charge in [-0.1, -0.05) is 11.6 Å². The van der Waals surface area contributed by atoms with Crippen molar-refractivity contribution in [2.24, 2.45) is 0 Å². The first-order chi connectivity index (χ1) is 7.15. The number of halogens is 1. The minimum absolute atomic E-state index is 0.121. The van der Waals surface area contributed by atoms with Crippen LogP contribution in [0.5, 0.6) is 5.88 Å². The van der Waals surface area contributed by atoms with Gasteiger partial charge in [0.05, 0.1) is 17.8 Å². The third-order valence-electron chi connectivity index (χ3n) is 1.87. The molecular formula is C11H11ClN2O. The van der Waals surface area contributed by atoms with Crippen molar-refractivity contribution in [3.05, 3.63) is 29.5 Å². The van der Waals surface area contributed by atoms with Crippen LogP contribution in [-0.4, -0.2) is 16.1 Å². The van der Waals surface area contributed by atoms with Crippen molar-refractivity contribution >= 4 is 22.5 Å². The molecule has 0 aliphatic carbocycles. The van der Waals surface area contributed by atoms with E-state index in [9.17, 15) is 0 Å². The predicted octanol–water partition coefficient (Wildman–Crippen LogP) is 3.07. The molecule has 2 aromatic rings. The molecule has 2 aromatic heterocycles. The van der Waals surface area contributed by atoms with Crippen molar-refractivity contribution < 1.29 is 4.74 Å². The molecule has 78 valence electrons. The Morgan fingerprint density at radius 3 is 2.87 bits per heavy atom. The van der Waals surface area contributed by atoms with Crippen LogP contribution in [0.25, 0.3) is 10.9 Å². The Hall–Kier alpha value is -1.35. The summed E-state index contributed by atoms with van der Waals surface area (Å²) in [6.45, 7) is 3.93. The number of ether oxygens (including phenoxy) is 1. The van der Waals surface area contributed by atoms with Crippen molar-refractivity contribution in [2.75, 3.05) is 0 Å². The van der Waals surface area contributed by atoms with Crippen LogP contribution in [0.4, 0.5) is 0 Å². The number of hydrogen-bond acceptors (Lipinski definition) is 3. The minimum atomic E-state index is 0.121. The van der Waals surface area contributed by atoms with Crippen LogP contribution in [0.15, 0.2) is 24.4 Å². The second-order valence-corrected chi connectivity index (χ2v) is 3.90. The summed E-state index contributed by atoms with van der Waals surface area (Å²) in [5.41, 5.74) is 0.789. The largest absolute Gasteiger partial charge is 0.475 e. The van der Waals surface area contributed by atoms with Crippen molar-refractivity contribution in [3.8, 4) is 5.88 Å². The van der Waals surface area contributed by atoms with Crippen molar-refractivity contribution in [3.63, 3.8) is 0 Å². The molecule has 0 amide bonds. The molecule has 0 bridgehead atoms. The molecule has 0 radical (unpaired) electrons. The first kappa shape index (κ1) is 10.2. The lowest BCUT2D eigenvalue weighted by molar-refractivity contribution is 0.233. The van der Waals surface area contributed by atoms with Gasteiger partial charge in [0, 0.05) is 11.5 Å². The third kappa shape index (κ3) is 2.36. The van der Waals surface area contributed by atoms with Crippen LogP contribution in [0, 0.1) is 0 Å². The number of nitrogens with zero attached hydrogens (tertiary/aromatic N) is 2. The van der Waals surface area contributed by atoms with E-state index >= 15 is 0 Å². The third-order valence-corrected chi connectivity index (χ3v) is 2.08. The van der Waals surface area contributed by atoms with Gasteiger partial charge in [-0.15, -0.1) is 0 Å². The van der Waals surface area contributed by atoms with E-state index in [4.69, 9.17) is 16.3 Å². The fraction of sp³-hybridized carbons (Fsp3) is 0.273. The van der Waals surface area contributed by atoms with Gasteiger partial charge in [0.15, 0.2) is 0 Å². The highest BCUT2D eigenvalue weighted by molar-refractivity contribution is 6.30. The van der Waals surface area contributed by atoms with Crippen LogP contribution in [0.1, 0.15) is 13.8 Å². The summed E-state index contributed by atoms with van der Waals surface area (Å²) >= 11 is 5.77. The number of rotatable bonds is 2. The van der Waals surface area contributed by atoms with E-state index < -0.39 is 0 Å². The van der Waals surface area contributed by atoms with E-state index in [1.165, 1.54) is 0 Å². The molecule has 0 aromatic carbocycles. The molecule has 2 rings (SSSR count). The lowest BCUT2D eigenvalue weighted by atomic mass is 10.3. The average Bonchev–Trinajstić information content (AvgIpc) is 2.17. The normalized spacial score (nSPS) is 10.9. The van der Waals surface area contributed by atoms with Crippen molar-refractivity contribution in [1.82, 2.24) is 9.97 Å². The molecule has 3 nitrogen and oxygen atoms in total. The molecule has 0 aliphatic rings. The minimum Gasteiger partial charge on any atom is -0.475 e. The summed E-state index contributed by atoms with van der Waals surface area (Å²) < 4.78 is 5.48. The molecular weight excluding hydrogens is 212 g/mol. The molecule has 0 fully saturated rings. The summed E-state index contributed by atoms with van der Waals surface area (Å²) in [5, 5.41) is 1.44. The molecule has 0 atom stereocenters. The maximum Gasteiger partial charge on any atom is 0.214 e. The Balaban J connectivity index is 2.43. The zero-order valence-electron chi connectivity index (χ0n) is 8.57. The number of fused-ring (bicyclic) bond motifs is 1. The van der Waals surface area contributed by atoms with Crippen LogP contribution in [-0.2, 0) is 0 Å². The second kappa shape index (κ2) is 4.03. The first-order valence-corrected chi connectivity index (χ1v) is 5.12. The van der Waals surface area contributed by atoms with Gasteiger partial charge < -0.3 is 4.74 Å². The first-order valence-electron chi connectivity index (χ1n) is 4.74. The summed E-state index contributed by atoms with van der Waals surface area (Å²) in [4.78, 5) is 8.29. The zero-order chi connectivity index (χ0) is 10.8. The molecule has 0 aliphatic heterocycles. The number of aromatic nitrogens is 2. The van der Waals surface area contributed by atoms with E-state index in [1.807, 2.05) is 26.0 Å². The SMILES string of the molecule is CC(C)Oc1ccc2cc(Cl)ncc2n1. The van der Waals surface area contributed by atoms with Gasteiger partial charge in [0.2, 0.25) is 5.88 Å². The Kier molecular flexibility index (Phi) is 2.73. The highest BCUT2D eigenvalue weighted by atomic mass is 35.5. The zero-order valence-corrected chi connectivity index (χ0v) is 9.32. The average molecular weight is 223 g/mol. The van der Waals surface area contributed by atoms with Crippen LogP contribution < -0.4 is 4.74 Å². The fourth-order valence-electron chi connectivity index (χ4n) is 1.29. The lowest BCUT2D eigenvalue weighted by Crippen LogP contribution is -2.06. The van der Waals surface area contributed by atoms with E-state index in [2.05, 4.69) is 9.97 Å². The van der Waals surface area contributed by atoms with E-state index in [0.29, 0.717) is 11.0 Å². The Labute approximate surface area is 93.1 Å². The van der Waals surface area contributed by atoms with Gasteiger partial charge in [0.1, 0.15) is 5.15 Å². The summed E-state index contributed by atoms with van der Waals surface area (Å²) in [6, 6.07) is 5.54. The topological polar surface area (TPSA) is 35.0 Å². The lowest BCUT2D eigenvalue weighted by Gasteiger charge is -2.08. The van der Waals surface area contributed by atoms with Crippen molar-refractivity contribution in [1.29, 1.82) is 0 Å². The molecule has 0 saturated carbocycles. The van der Waals surface area contributed by atoms with Crippen LogP contribution in [0.3, 0.4) is 0 Å².